The molecule has 0 unspecified atom stereocenters. The van der Waals surface area contributed by atoms with Gasteiger partial charge in [-0.1, -0.05) is 12.1 Å². The van der Waals surface area contributed by atoms with Gasteiger partial charge in [-0.05, 0) is 44.4 Å². The Bertz CT molecular complexity index is 1180. The van der Waals surface area contributed by atoms with Crippen molar-refractivity contribution >= 4 is 5.78 Å². The molecule has 0 amide bonds. The van der Waals surface area contributed by atoms with Crippen LogP contribution in [0.4, 0.5) is 0 Å². The monoisotopic (exact) mass is 518 g/mol. The first-order valence-electron chi connectivity index (χ1n) is 12.0. The van der Waals surface area contributed by atoms with Gasteiger partial charge >= 0.3 is 0 Å². The maximum Gasteiger partial charge on any atom is 0.203 e. The molecule has 0 radical (unpaired) electrons. The fourth-order valence-electron chi connectivity index (χ4n) is 4.97. The van der Waals surface area contributed by atoms with E-state index in [2.05, 4.69) is 0 Å². The van der Waals surface area contributed by atoms with Crippen molar-refractivity contribution in [1.82, 2.24) is 0 Å². The quantitative estimate of drug-likeness (QED) is 0.336. The predicted octanol–water partition coefficient (Wildman–Crippen LogP) is 0.703. The van der Waals surface area contributed by atoms with Crippen LogP contribution in [0.1, 0.15) is 47.9 Å². The second-order valence-corrected chi connectivity index (χ2v) is 10.2. The van der Waals surface area contributed by atoms with Crippen LogP contribution in [0.5, 0.6) is 23.0 Å². The molecule has 0 saturated carbocycles. The number of benzene rings is 2. The number of carbonyl (C=O) groups excluding carboxylic acids is 1. The number of aliphatic hydroxyl groups excluding tert-OH is 4. The average molecular weight is 519 g/mol. The summed E-state index contributed by atoms with van der Waals surface area (Å²) >= 11 is 0. The molecule has 37 heavy (non-hydrogen) atoms. The van der Waals surface area contributed by atoms with E-state index in [9.17, 15) is 35.4 Å². The molecule has 11 heteroatoms. The Kier molecular flexibility index (Phi) is 6.55. The summed E-state index contributed by atoms with van der Waals surface area (Å²) in [6.45, 7) is 3.16. The Balaban J connectivity index is 1.57. The van der Waals surface area contributed by atoms with E-state index < -0.39 is 60.9 Å². The second kappa shape index (κ2) is 9.43. The zero-order chi connectivity index (χ0) is 26.6. The third-order valence-corrected chi connectivity index (χ3v) is 7.06. The van der Waals surface area contributed by atoms with Crippen LogP contribution in [0.25, 0.3) is 0 Å². The number of phenols is 2. The number of rotatable bonds is 4. The molecule has 0 aliphatic carbocycles. The van der Waals surface area contributed by atoms with Crippen molar-refractivity contribution in [1.29, 1.82) is 0 Å². The van der Waals surface area contributed by atoms with E-state index in [0.29, 0.717) is 29.7 Å². The van der Waals surface area contributed by atoms with Crippen LogP contribution in [-0.2, 0) is 15.9 Å². The summed E-state index contributed by atoms with van der Waals surface area (Å²) < 4.78 is 23.6. The van der Waals surface area contributed by atoms with Gasteiger partial charge in [0.05, 0.1) is 6.61 Å². The molecular formula is C26H30O11. The number of ether oxygens (including phenoxy) is 4. The van der Waals surface area contributed by atoms with Crippen molar-refractivity contribution in [2.24, 2.45) is 0 Å². The van der Waals surface area contributed by atoms with Gasteiger partial charge in [0, 0.05) is 11.6 Å². The van der Waals surface area contributed by atoms with Crippen molar-refractivity contribution in [3.63, 3.8) is 0 Å². The van der Waals surface area contributed by atoms with Crippen LogP contribution >= 0.6 is 0 Å². The van der Waals surface area contributed by atoms with Gasteiger partial charge in [-0.15, -0.1) is 0 Å². The third-order valence-electron chi connectivity index (χ3n) is 7.06. The standard InChI is InChI=1S/C26H30O11/c1-26(2)8-7-13-15(37-26)9-14(29)17-19(31)24(22(35-23(13)17)11-3-5-12(28)6-4-11)36-25-21(33)20(32)18(30)16(10-27)34-25/h3-6,9,16,18,20-22,24-25,27-30,32-33H,7-8,10H2,1-2H3/t16-,18-,20+,21-,22+,24-,25+/m1/s1. The van der Waals surface area contributed by atoms with Gasteiger partial charge in [0.1, 0.15) is 58.6 Å². The largest absolute Gasteiger partial charge is 0.508 e. The minimum Gasteiger partial charge on any atom is -0.508 e. The Morgan fingerprint density at radius 3 is 2.43 bits per heavy atom. The molecule has 1 fully saturated rings. The topological polar surface area (TPSA) is 175 Å². The van der Waals surface area contributed by atoms with Crippen molar-refractivity contribution < 1.29 is 54.4 Å². The highest BCUT2D eigenvalue weighted by Crippen LogP contribution is 2.49. The molecule has 7 atom stereocenters. The third kappa shape index (κ3) is 4.52. The van der Waals surface area contributed by atoms with Gasteiger partial charge in [-0.25, -0.2) is 0 Å². The molecule has 5 rings (SSSR count). The summed E-state index contributed by atoms with van der Waals surface area (Å²) in [6.07, 6.45) is -9.33. The molecule has 200 valence electrons. The lowest BCUT2D eigenvalue weighted by Gasteiger charge is -2.43. The summed E-state index contributed by atoms with van der Waals surface area (Å²) in [7, 11) is 0. The van der Waals surface area contributed by atoms with Crippen LogP contribution < -0.4 is 9.47 Å². The zero-order valence-corrected chi connectivity index (χ0v) is 20.3. The van der Waals surface area contributed by atoms with E-state index >= 15 is 0 Å². The van der Waals surface area contributed by atoms with E-state index in [1.165, 1.54) is 30.3 Å². The van der Waals surface area contributed by atoms with Crippen LogP contribution in [0.2, 0.25) is 0 Å². The van der Waals surface area contributed by atoms with Crippen molar-refractivity contribution in [3.8, 4) is 23.0 Å². The average Bonchev–Trinajstić information content (AvgIpc) is 2.85. The lowest BCUT2D eigenvalue weighted by atomic mass is 9.87. The summed E-state index contributed by atoms with van der Waals surface area (Å²) in [5.41, 5.74) is 0.472. The molecule has 2 aromatic carbocycles. The Morgan fingerprint density at radius 1 is 1.05 bits per heavy atom. The van der Waals surface area contributed by atoms with E-state index in [4.69, 9.17) is 18.9 Å². The summed E-state index contributed by atoms with van der Waals surface area (Å²) in [5.74, 6) is -0.493. The number of hydrogen-bond acceptors (Lipinski definition) is 11. The van der Waals surface area contributed by atoms with Crippen LogP contribution in [-0.4, -0.2) is 85.4 Å². The Morgan fingerprint density at radius 2 is 1.76 bits per heavy atom. The summed E-state index contributed by atoms with van der Waals surface area (Å²) in [5, 5.41) is 60.9. The number of ketones is 1. The fraction of sp³-hybridized carbons (Fsp3) is 0.500. The highest BCUT2D eigenvalue weighted by atomic mass is 16.7. The van der Waals surface area contributed by atoms with Crippen molar-refractivity contribution in [2.45, 2.75) is 75.2 Å². The molecule has 0 bridgehead atoms. The molecule has 2 aromatic rings. The van der Waals surface area contributed by atoms with Gasteiger partial charge < -0.3 is 49.6 Å². The van der Waals surface area contributed by atoms with Crippen LogP contribution in [0.15, 0.2) is 30.3 Å². The number of Topliss-reactive ketones (excluding diaryl/α,β-unsaturated/α-hetero) is 1. The maximum absolute atomic E-state index is 13.8. The molecule has 0 spiro atoms. The van der Waals surface area contributed by atoms with Gasteiger partial charge in [-0.2, -0.15) is 0 Å². The van der Waals surface area contributed by atoms with E-state index in [1.54, 1.807) is 0 Å². The smallest absolute Gasteiger partial charge is 0.203 e. The highest BCUT2D eigenvalue weighted by molar-refractivity contribution is 6.06. The van der Waals surface area contributed by atoms with E-state index in [1.807, 2.05) is 13.8 Å². The van der Waals surface area contributed by atoms with Crippen molar-refractivity contribution in [2.75, 3.05) is 6.61 Å². The van der Waals surface area contributed by atoms with Gasteiger partial charge in [0.15, 0.2) is 18.5 Å². The van der Waals surface area contributed by atoms with E-state index in [0.717, 1.165) is 0 Å². The Hall–Kier alpha value is -2.93. The second-order valence-electron chi connectivity index (χ2n) is 10.2. The molecule has 3 heterocycles. The molecule has 11 nitrogen and oxygen atoms in total. The molecular weight excluding hydrogens is 488 g/mol. The fourth-order valence-corrected chi connectivity index (χ4v) is 4.97. The SMILES string of the molecule is CC1(C)CCc2c(cc(O)c3c2O[C@@H](c2ccc(O)cc2)[C@H](O[C@@H]2O[C@H](CO)[C@@H](O)[C@H](O)[C@H]2O)C3=O)O1. The molecule has 3 aliphatic rings. The van der Waals surface area contributed by atoms with Crippen molar-refractivity contribution in [3.05, 3.63) is 47.0 Å². The number of carbonyl (C=O) groups is 1. The lowest BCUT2D eigenvalue weighted by molar-refractivity contribution is -0.311. The lowest BCUT2D eigenvalue weighted by Crippen LogP contribution is -2.60. The number of aliphatic hydroxyl groups is 4. The highest BCUT2D eigenvalue weighted by Gasteiger charge is 2.50. The first kappa shape index (κ1) is 25.7. The van der Waals surface area contributed by atoms with Gasteiger partial charge in [-0.3, -0.25) is 4.79 Å². The first-order valence-corrected chi connectivity index (χ1v) is 12.0. The number of hydrogen-bond donors (Lipinski definition) is 6. The zero-order valence-electron chi connectivity index (χ0n) is 20.3. The maximum atomic E-state index is 13.8. The summed E-state index contributed by atoms with van der Waals surface area (Å²) in [4.78, 5) is 13.8. The minimum atomic E-state index is -1.75. The number of fused-ring (bicyclic) bond motifs is 3. The minimum absolute atomic E-state index is 0.0108. The van der Waals surface area contributed by atoms with Crippen LogP contribution in [0, 0.1) is 0 Å². The van der Waals surface area contributed by atoms with Crippen LogP contribution in [0.3, 0.4) is 0 Å². The normalized spacial score (nSPS) is 32.6. The van der Waals surface area contributed by atoms with E-state index in [-0.39, 0.29) is 22.8 Å². The number of aromatic hydroxyl groups is 2. The molecule has 1 saturated heterocycles. The number of phenolic OH excluding ortho intramolecular Hbond substituents is 2. The molecule has 3 aliphatic heterocycles. The molecule has 6 N–H and O–H groups in total. The first-order chi connectivity index (χ1) is 17.5. The van der Waals surface area contributed by atoms with Gasteiger partial charge in [0.25, 0.3) is 0 Å². The van der Waals surface area contributed by atoms with Gasteiger partial charge in [0.2, 0.25) is 5.78 Å². The summed E-state index contributed by atoms with van der Waals surface area (Å²) in [6, 6.07) is 7.26. The predicted molar refractivity (Wildman–Crippen MR) is 126 cm³/mol. The Labute approximate surface area is 212 Å². The molecule has 0 aromatic heterocycles.